The van der Waals surface area contributed by atoms with Gasteiger partial charge in [-0.25, -0.2) is 5.43 Å². The summed E-state index contributed by atoms with van der Waals surface area (Å²) in [5.41, 5.74) is 4.06. The summed E-state index contributed by atoms with van der Waals surface area (Å²) in [6, 6.07) is 8.25. The second-order valence-corrected chi connectivity index (χ2v) is 7.28. The summed E-state index contributed by atoms with van der Waals surface area (Å²) < 4.78 is 3.33. The molecule has 90 valence electrons. The van der Waals surface area contributed by atoms with Crippen LogP contribution in [-0.4, -0.2) is 0 Å². The summed E-state index contributed by atoms with van der Waals surface area (Å²) in [5.74, 6) is 5.70. The highest BCUT2D eigenvalue weighted by molar-refractivity contribution is 14.1. The minimum atomic E-state index is 0.00812. The van der Waals surface area contributed by atoms with Gasteiger partial charge in [0.2, 0.25) is 0 Å². The van der Waals surface area contributed by atoms with Crippen LogP contribution in [0.5, 0.6) is 0 Å². The normalized spacial score (nSPS) is 12.7. The monoisotopic (exact) mass is 486 g/mol. The molecule has 0 aliphatic heterocycles. The van der Waals surface area contributed by atoms with Gasteiger partial charge in [-0.2, -0.15) is 0 Å². The second-order valence-electron chi connectivity index (χ2n) is 3.40. The Bertz CT molecular complexity index is 530. The fourth-order valence-electron chi connectivity index (χ4n) is 1.55. The van der Waals surface area contributed by atoms with Gasteiger partial charge < -0.3 is 0 Å². The number of hydrogen-bond donors (Lipinski definition) is 2. The molecule has 1 heterocycles. The van der Waals surface area contributed by atoms with E-state index in [1.807, 2.05) is 12.1 Å². The molecule has 2 nitrogen and oxygen atoms in total. The van der Waals surface area contributed by atoms with Crippen molar-refractivity contribution in [2.45, 2.75) is 6.04 Å². The lowest BCUT2D eigenvalue weighted by atomic mass is 10.1. The van der Waals surface area contributed by atoms with E-state index in [1.165, 1.54) is 14.0 Å². The quantitative estimate of drug-likeness (QED) is 0.382. The smallest absolute Gasteiger partial charge is 0.0824 e. The Hall–Kier alpha value is 0.530. The van der Waals surface area contributed by atoms with Crippen LogP contribution in [0.25, 0.3) is 0 Å². The first-order valence-electron chi connectivity index (χ1n) is 4.77. The van der Waals surface area contributed by atoms with Gasteiger partial charge in [0, 0.05) is 17.4 Å². The highest BCUT2D eigenvalue weighted by Gasteiger charge is 2.19. The lowest BCUT2D eigenvalue weighted by Crippen LogP contribution is -2.29. The summed E-state index contributed by atoms with van der Waals surface area (Å²) >= 11 is 11.1. The zero-order valence-corrected chi connectivity index (χ0v) is 14.7. The Labute approximate surface area is 134 Å². The second kappa shape index (κ2) is 6.12. The minimum Gasteiger partial charge on any atom is -0.271 e. The van der Waals surface area contributed by atoms with Crippen LogP contribution in [0.3, 0.4) is 0 Å². The molecule has 0 fully saturated rings. The Morgan fingerprint density at radius 2 is 2.06 bits per heavy atom. The number of benzene rings is 1. The molecule has 2 rings (SSSR count). The van der Waals surface area contributed by atoms with Crippen LogP contribution >= 0.6 is 65.8 Å². The molecule has 0 saturated heterocycles. The third-order valence-electron chi connectivity index (χ3n) is 2.34. The molecule has 1 aromatic carbocycles. The van der Waals surface area contributed by atoms with E-state index in [9.17, 15) is 0 Å². The Morgan fingerprint density at radius 3 is 2.65 bits per heavy atom. The lowest BCUT2D eigenvalue weighted by Gasteiger charge is -2.17. The van der Waals surface area contributed by atoms with Gasteiger partial charge in [-0.15, -0.1) is 11.3 Å². The third-order valence-corrected chi connectivity index (χ3v) is 5.75. The maximum atomic E-state index is 5.70. The van der Waals surface area contributed by atoms with E-state index >= 15 is 0 Å². The van der Waals surface area contributed by atoms with E-state index < -0.39 is 0 Å². The van der Waals surface area contributed by atoms with Crippen LogP contribution < -0.4 is 11.3 Å². The highest BCUT2D eigenvalue weighted by Crippen LogP contribution is 2.35. The van der Waals surface area contributed by atoms with Gasteiger partial charge in [0.05, 0.1) is 6.04 Å². The van der Waals surface area contributed by atoms with Crippen molar-refractivity contribution in [1.82, 2.24) is 5.43 Å². The molecule has 0 saturated carbocycles. The van der Waals surface area contributed by atoms with Crippen molar-refractivity contribution in [3.05, 3.63) is 52.6 Å². The fraction of sp³-hybridized carbons (Fsp3) is 0.0909. The maximum absolute atomic E-state index is 5.70. The predicted octanol–water partition coefficient (Wildman–Crippen LogP) is 4.43. The van der Waals surface area contributed by atoms with Crippen LogP contribution in [0.4, 0.5) is 0 Å². The van der Waals surface area contributed by atoms with E-state index in [0.29, 0.717) is 0 Å². The molecular formula is C11H9Br2IN2S. The molecule has 0 aliphatic rings. The molecule has 1 unspecified atom stereocenters. The van der Waals surface area contributed by atoms with Crippen LogP contribution in [0.15, 0.2) is 38.6 Å². The molecular weight excluding hydrogens is 479 g/mol. The number of halogens is 3. The molecule has 0 spiro atoms. The molecule has 0 amide bonds. The van der Waals surface area contributed by atoms with Crippen molar-refractivity contribution in [1.29, 1.82) is 0 Å². The van der Waals surface area contributed by atoms with E-state index in [2.05, 4.69) is 77.4 Å². The van der Waals surface area contributed by atoms with Crippen molar-refractivity contribution in [3.63, 3.8) is 0 Å². The van der Waals surface area contributed by atoms with Gasteiger partial charge in [0.15, 0.2) is 0 Å². The zero-order valence-electron chi connectivity index (χ0n) is 8.58. The van der Waals surface area contributed by atoms with Gasteiger partial charge in [-0.05, 0) is 73.7 Å². The molecule has 6 heteroatoms. The molecule has 3 N–H and O–H groups in total. The summed E-state index contributed by atoms with van der Waals surface area (Å²) in [5, 5.41) is 2.05. The van der Waals surface area contributed by atoms with Crippen LogP contribution in [0.1, 0.15) is 16.5 Å². The molecule has 17 heavy (non-hydrogen) atoms. The molecule has 0 aliphatic carbocycles. The first-order valence-corrected chi connectivity index (χ1v) is 8.32. The Morgan fingerprint density at radius 1 is 1.29 bits per heavy atom. The Balaban J connectivity index is 2.49. The zero-order chi connectivity index (χ0) is 12.4. The largest absolute Gasteiger partial charge is 0.271 e. The average Bonchev–Trinajstić information content (AvgIpc) is 2.71. The van der Waals surface area contributed by atoms with Gasteiger partial charge in [0.1, 0.15) is 0 Å². The van der Waals surface area contributed by atoms with Crippen LogP contribution in [0, 0.1) is 3.57 Å². The molecule has 0 bridgehead atoms. The summed E-state index contributed by atoms with van der Waals surface area (Å²) in [7, 11) is 0. The van der Waals surface area contributed by atoms with Crippen molar-refractivity contribution >= 4 is 65.8 Å². The molecule has 2 aromatic rings. The van der Waals surface area contributed by atoms with Gasteiger partial charge in [-0.1, -0.05) is 15.9 Å². The SMILES string of the molecule is NNC(c1cc(Br)ccc1I)c1sccc1Br. The van der Waals surface area contributed by atoms with E-state index in [0.717, 1.165) is 8.95 Å². The summed E-state index contributed by atoms with van der Waals surface area (Å²) in [6.07, 6.45) is 0. The molecule has 1 aromatic heterocycles. The van der Waals surface area contributed by atoms with Crippen LogP contribution in [-0.2, 0) is 0 Å². The van der Waals surface area contributed by atoms with Gasteiger partial charge in [0.25, 0.3) is 0 Å². The Kier molecular flexibility index (Phi) is 5.02. The number of rotatable bonds is 3. The average molecular weight is 488 g/mol. The summed E-state index contributed by atoms with van der Waals surface area (Å²) in [6.45, 7) is 0. The number of nitrogens with two attached hydrogens (primary N) is 1. The molecule has 1 atom stereocenters. The first kappa shape index (κ1) is 14.0. The van der Waals surface area contributed by atoms with E-state index in [-0.39, 0.29) is 6.04 Å². The van der Waals surface area contributed by atoms with Crippen molar-refractivity contribution in [3.8, 4) is 0 Å². The van der Waals surface area contributed by atoms with Gasteiger partial charge >= 0.3 is 0 Å². The third kappa shape index (κ3) is 3.10. The fourth-order valence-corrected chi connectivity index (χ4v) is 4.26. The number of hydrogen-bond acceptors (Lipinski definition) is 3. The first-order chi connectivity index (χ1) is 8.13. The standard InChI is InChI=1S/C11H9Br2IN2S/c12-6-1-2-9(14)7(5-6)10(16-15)11-8(13)3-4-17-11/h1-5,10,16H,15H2. The molecule has 0 radical (unpaired) electrons. The topological polar surface area (TPSA) is 38.0 Å². The van der Waals surface area contributed by atoms with Crippen molar-refractivity contribution < 1.29 is 0 Å². The van der Waals surface area contributed by atoms with E-state index in [1.54, 1.807) is 11.3 Å². The lowest BCUT2D eigenvalue weighted by molar-refractivity contribution is 0.642. The van der Waals surface area contributed by atoms with Crippen LogP contribution in [0.2, 0.25) is 0 Å². The number of thiophene rings is 1. The highest BCUT2D eigenvalue weighted by atomic mass is 127. The van der Waals surface area contributed by atoms with Crippen molar-refractivity contribution in [2.75, 3.05) is 0 Å². The number of hydrazine groups is 1. The van der Waals surface area contributed by atoms with E-state index in [4.69, 9.17) is 5.84 Å². The summed E-state index contributed by atoms with van der Waals surface area (Å²) in [4.78, 5) is 1.18. The van der Waals surface area contributed by atoms with Crippen molar-refractivity contribution in [2.24, 2.45) is 5.84 Å². The predicted molar refractivity (Wildman–Crippen MR) is 88.0 cm³/mol. The minimum absolute atomic E-state index is 0.00812. The van der Waals surface area contributed by atoms with Gasteiger partial charge in [-0.3, -0.25) is 5.84 Å². The maximum Gasteiger partial charge on any atom is 0.0824 e. The number of nitrogens with one attached hydrogen (secondary N) is 1.